The third-order valence-corrected chi connectivity index (χ3v) is 3.67. The normalized spacial score (nSPS) is 14.5. The highest BCUT2D eigenvalue weighted by Gasteiger charge is 2.22. The van der Waals surface area contributed by atoms with E-state index in [9.17, 15) is 9.59 Å². The van der Waals surface area contributed by atoms with Gasteiger partial charge in [0.15, 0.2) is 11.5 Å². The summed E-state index contributed by atoms with van der Waals surface area (Å²) in [6.07, 6.45) is -0.647. The molecule has 1 atom stereocenters. The Morgan fingerprint density at radius 3 is 2.38 bits per heavy atom. The Morgan fingerprint density at radius 1 is 1.21 bits per heavy atom. The first-order valence-corrected chi connectivity index (χ1v) is 8.34. The summed E-state index contributed by atoms with van der Waals surface area (Å²) >= 11 is 3.38. The van der Waals surface area contributed by atoms with Gasteiger partial charge in [0, 0.05) is 16.6 Å². The molecule has 1 aliphatic heterocycles. The minimum Gasteiger partial charge on any atom is -0.486 e. The van der Waals surface area contributed by atoms with Gasteiger partial charge < -0.3 is 24.8 Å². The fourth-order valence-electron chi connectivity index (χ4n) is 1.95. The molecular formula is C16H21BrN2O5. The molecule has 0 saturated heterocycles. The number of hydrogen-bond donors (Lipinski definition) is 2. The maximum absolute atomic E-state index is 12.3. The third-order valence-electron chi connectivity index (χ3n) is 3.02. The zero-order chi connectivity index (χ0) is 17.9. The summed E-state index contributed by atoms with van der Waals surface area (Å²) in [4.78, 5) is 24.0. The molecule has 1 aromatic carbocycles. The second-order valence-corrected chi connectivity index (χ2v) is 7.19. The van der Waals surface area contributed by atoms with Crippen molar-refractivity contribution in [1.29, 1.82) is 0 Å². The summed E-state index contributed by atoms with van der Waals surface area (Å²) < 4.78 is 16.8. The molecule has 2 rings (SSSR count). The van der Waals surface area contributed by atoms with Crippen molar-refractivity contribution in [2.75, 3.05) is 18.5 Å². The van der Waals surface area contributed by atoms with E-state index in [1.54, 1.807) is 39.8 Å². The number of amides is 2. The molecule has 0 aromatic heterocycles. The van der Waals surface area contributed by atoms with Gasteiger partial charge >= 0.3 is 6.09 Å². The van der Waals surface area contributed by atoms with Crippen molar-refractivity contribution in [2.24, 2.45) is 0 Å². The van der Waals surface area contributed by atoms with Crippen LogP contribution in [0.2, 0.25) is 0 Å². The Bertz CT molecular complexity index is 642. The van der Waals surface area contributed by atoms with Crippen LogP contribution in [0.1, 0.15) is 27.7 Å². The summed E-state index contributed by atoms with van der Waals surface area (Å²) in [5.41, 5.74) is -0.0961. The molecule has 2 N–H and O–H groups in total. The van der Waals surface area contributed by atoms with Gasteiger partial charge in [-0.2, -0.15) is 0 Å². The minimum absolute atomic E-state index is 0.377. The second kappa shape index (κ2) is 7.29. The van der Waals surface area contributed by atoms with E-state index in [1.165, 1.54) is 0 Å². The maximum Gasteiger partial charge on any atom is 0.408 e. The van der Waals surface area contributed by atoms with Gasteiger partial charge in [0.05, 0.1) is 5.69 Å². The van der Waals surface area contributed by atoms with Crippen LogP contribution in [0, 0.1) is 0 Å². The number of hydrogen-bond acceptors (Lipinski definition) is 5. The van der Waals surface area contributed by atoms with E-state index in [-0.39, 0.29) is 5.91 Å². The smallest absolute Gasteiger partial charge is 0.408 e. The largest absolute Gasteiger partial charge is 0.486 e. The van der Waals surface area contributed by atoms with Gasteiger partial charge in [-0.05, 0) is 43.6 Å². The molecule has 0 spiro atoms. The van der Waals surface area contributed by atoms with Gasteiger partial charge in [0.25, 0.3) is 0 Å². The summed E-state index contributed by atoms with van der Waals surface area (Å²) in [5, 5.41) is 5.23. The van der Waals surface area contributed by atoms with E-state index in [1.807, 2.05) is 0 Å². The standard InChI is InChI=1S/C16H21BrN2O5/c1-9(18-15(21)24-16(2,3)4)14(20)19-11-8-13-12(7-10(11)17)22-5-6-23-13/h7-9H,5-6H2,1-4H3,(H,18,21)(H,19,20). The predicted molar refractivity (Wildman–Crippen MR) is 92.6 cm³/mol. The topological polar surface area (TPSA) is 85.9 Å². The number of anilines is 1. The number of carbonyl (C=O) groups is 2. The minimum atomic E-state index is -0.764. The number of fused-ring (bicyclic) bond motifs is 1. The van der Waals surface area contributed by atoms with Crippen LogP contribution < -0.4 is 20.1 Å². The number of alkyl carbamates (subject to hydrolysis) is 1. The van der Waals surface area contributed by atoms with Crippen LogP contribution in [0.4, 0.5) is 10.5 Å². The molecule has 1 aliphatic rings. The van der Waals surface area contributed by atoms with E-state index < -0.39 is 17.7 Å². The van der Waals surface area contributed by atoms with Crippen LogP contribution in [-0.2, 0) is 9.53 Å². The lowest BCUT2D eigenvalue weighted by atomic mass is 10.2. The molecule has 1 aromatic rings. The van der Waals surface area contributed by atoms with Crippen LogP contribution in [0.3, 0.4) is 0 Å². The van der Waals surface area contributed by atoms with E-state index >= 15 is 0 Å². The average Bonchev–Trinajstić information content (AvgIpc) is 2.45. The van der Waals surface area contributed by atoms with Crippen LogP contribution in [0.25, 0.3) is 0 Å². The van der Waals surface area contributed by atoms with Gasteiger partial charge in [0.1, 0.15) is 24.9 Å². The Morgan fingerprint density at radius 2 is 1.79 bits per heavy atom. The average molecular weight is 401 g/mol. The lowest BCUT2D eigenvalue weighted by Crippen LogP contribution is -2.44. The number of carbonyl (C=O) groups excluding carboxylic acids is 2. The van der Waals surface area contributed by atoms with E-state index in [4.69, 9.17) is 14.2 Å². The van der Waals surface area contributed by atoms with Gasteiger partial charge in [-0.15, -0.1) is 0 Å². The molecule has 0 bridgehead atoms. The number of benzene rings is 1. The van der Waals surface area contributed by atoms with Gasteiger partial charge in [-0.3, -0.25) is 4.79 Å². The molecule has 1 unspecified atom stereocenters. The van der Waals surface area contributed by atoms with Crippen molar-refractivity contribution in [3.05, 3.63) is 16.6 Å². The molecule has 1 heterocycles. The first kappa shape index (κ1) is 18.4. The van der Waals surface area contributed by atoms with Crippen molar-refractivity contribution >= 4 is 33.6 Å². The lowest BCUT2D eigenvalue weighted by Gasteiger charge is -2.22. The SMILES string of the molecule is CC(NC(=O)OC(C)(C)C)C(=O)Nc1cc2c(cc1Br)OCCO2. The summed E-state index contributed by atoms with van der Waals surface area (Å²) in [6.45, 7) is 7.78. The Kier molecular flexibility index (Phi) is 5.58. The Hall–Kier alpha value is -1.96. The number of halogens is 1. The van der Waals surface area contributed by atoms with Crippen molar-refractivity contribution in [3.63, 3.8) is 0 Å². The molecule has 132 valence electrons. The maximum atomic E-state index is 12.3. The highest BCUT2D eigenvalue weighted by Crippen LogP contribution is 2.38. The zero-order valence-electron chi connectivity index (χ0n) is 14.1. The summed E-state index contributed by atoms with van der Waals surface area (Å²) in [6, 6.07) is 2.65. The summed E-state index contributed by atoms with van der Waals surface area (Å²) in [7, 11) is 0. The third kappa shape index (κ3) is 5.02. The second-order valence-electron chi connectivity index (χ2n) is 6.33. The molecule has 2 amide bonds. The predicted octanol–water partition coefficient (Wildman–Crippen LogP) is 3.07. The van der Waals surface area contributed by atoms with E-state index in [0.29, 0.717) is 34.9 Å². The van der Waals surface area contributed by atoms with Gasteiger partial charge in [-0.1, -0.05) is 0 Å². The fourth-order valence-corrected chi connectivity index (χ4v) is 2.37. The monoisotopic (exact) mass is 400 g/mol. The van der Waals surface area contributed by atoms with E-state index in [2.05, 4.69) is 26.6 Å². The van der Waals surface area contributed by atoms with Crippen molar-refractivity contribution in [3.8, 4) is 11.5 Å². The zero-order valence-corrected chi connectivity index (χ0v) is 15.7. The quantitative estimate of drug-likeness (QED) is 0.813. The molecule has 0 fully saturated rings. The Labute approximate surface area is 149 Å². The number of ether oxygens (including phenoxy) is 3. The highest BCUT2D eigenvalue weighted by molar-refractivity contribution is 9.10. The van der Waals surface area contributed by atoms with Crippen molar-refractivity contribution in [2.45, 2.75) is 39.3 Å². The van der Waals surface area contributed by atoms with Crippen LogP contribution in [0.15, 0.2) is 16.6 Å². The number of nitrogens with one attached hydrogen (secondary N) is 2. The Balaban J connectivity index is 2.00. The number of rotatable bonds is 3. The van der Waals surface area contributed by atoms with Crippen LogP contribution in [-0.4, -0.2) is 36.9 Å². The first-order valence-electron chi connectivity index (χ1n) is 7.55. The fraction of sp³-hybridized carbons (Fsp3) is 0.500. The molecule has 8 heteroatoms. The van der Waals surface area contributed by atoms with Gasteiger partial charge in [0.2, 0.25) is 5.91 Å². The summed E-state index contributed by atoms with van der Waals surface area (Å²) in [5.74, 6) is 0.803. The van der Waals surface area contributed by atoms with Crippen molar-refractivity contribution in [1.82, 2.24) is 5.32 Å². The molecule has 0 radical (unpaired) electrons. The molecule has 24 heavy (non-hydrogen) atoms. The first-order chi connectivity index (χ1) is 11.2. The van der Waals surface area contributed by atoms with Gasteiger partial charge in [-0.25, -0.2) is 4.79 Å². The lowest BCUT2D eigenvalue weighted by molar-refractivity contribution is -0.117. The molecule has 0 aliphatic carbocycles. The molecular weight excluding hydrogens is 380 g/mol. The van der Waals surface area contributed by atoms with Crippen LogP contribution in [0.5, 0.6) is 11.5 Å². The highest BCUT2D eigenvalue weighted by atomic mass is 79.9. The van der Waals surface area contributed by atoms with Crippen LogP contribution >= 0.6 is 15.9 Å². The molecule has 0 saturated carbocycles. The van der Waals surface area contributed by atoms with E-state index in [0.717, 1.165) is 0 Å². The van der Waals surface area contributed by atoms with Crippen molar-refractivity contribution < 1.29 is 23.8 Å². The molecule has 7 nitrogen and oxygen atoms in total.